The first kappa shape index (κ1) is 13.2. The lowest BCUT2D eigenvalue weighted by Crippen LogP contribution is -2.10. The fourth-order valence-electron chi connectivity index (χ4n) is 0.986. The van der Waals surface area contributed by atoms with Gasteiger partial charge in [0.1, 0.15) is 26.5 Å². The van der Waals surface area contributed by atoms with Crippen LogP contribution in [0, 0.1) is 6.92 Å². The van der Waals surface area contributed by atoms with Crippen LogP contribution in [0.25, 0.3) is 0 Å². The van der Waals surface area contributed by atoms with Crippen LogP contribution in [-0.2, 0) is 9.84 Å². The summed E-state index contributed by atoms with van der Waals surface area (Å²) in [6.45, 7) is 1.75. The summed E-state index contributed by atoms with van der Waals surface area (Å²) in [5.74, 6) is 6.96. The van der Waals surface area contributed by atoms with Crippen LogP contribution in [0.2, 0.25) is 0 Å². The second-order valence-corrected chi connectivity index (χ2v) is 6.64. The van der Waals surface area contributed by atoms with Gasteiger partial charge in [-0.1, -0.05) is 0 Å². The van der Waals surface area contributed by atoms with Crippen molar-refractivity contribution in [2.75, 3.05) is 23.2 Å². The maximum absolute atomic E-state index is 10.9. The number of hydrazine groups is 1. The van der Waals surface area contributed by atoms with Crippen molar-refractivity contribution in [1.82, 2.24) is 9.97 Å². The monoisotopic (exact) mass is 262 g/mol. The minimum Gasteiger partial charge on any atom is -0.308 e. The lowest BCUT2D eigenvalue weighted by atomic mass is 10.5. The van der Waals surface area contributed by atoms with E-state index in [4.69, 9.17) is 5.84 Å². The van der Waals surface area contributed by atoms with Gasteiger partial charge in [-0.05, 0) is 6.92 Å². The number of aryl methyl sites for hydroxylation is 1. The molecule has 3 N–H and O–H groups in total. The predicted molar refractivity (Wildman–Crippen MR) is 65.0 cm³/mol. The van der Waals surface area contributed by atoms with Gasteiger partial charge in [0.15, 0.2) is 0 Å². The molecule has 0 saturated carbocycles. The van der Waals surface area contributed by atoms with Crippen molar-refractivity contribution in [3.05, 3.63) is 11.9 Å². The van der Waals surface area contributed by atoms with Crippen LogP contribution in [0.3, 0.4) is 0 Å². The standard InChI is InChI=1S/C8H14N4O2S2/c1-6-10-7(12-9)5-8(11-6)15-3-4-16(2,13)14/h5H,3-4,9H2,1-2H3,(H,10,11,12). The minimum absolute atomic E-state index is 0.131. The van der Waals surface area contributed by atoms with Crippen LogP contribution in [0.1, 0.15) is 5.82 Å². The number of nitrogens with two attached hydrogens (primary N) is 1. The Morgan fingerprint density at radius 1 is 1.50 bits per heavy atom. The van der Waals surface area contributed by atoms with E-state index in [1.807, 2.05) is 0 Å². The van der Waals surface area contributed by atoms with Crippen LogP contribution in [0.5, 0.6) is 0 Å². The van der Waals surface area contributed by atoms with Crippen LogP contribution in [-0.4, -0.2) is 36.1 Å². The van der Waals surface area contributed by atoms with E-state index in [9.17, 15) is 8.42 Å². The number of hydrogen-bond donors (Lipinski definition) is 2. The summed E-state index contributed by atoms with van der Waals surface area (Å²) in [7, 11) is -2.92. The lowest BCUT2D eigenvalue weighted by molar-refractivity contribution is 0.603. The molecule has 16 heavy (non-hydrogen) atoms. The van der Waals surface area contributed by atoms with Gasteiger partial charge < -0.3 is 5.43 Å². The summed E-state index contributed by atoms with van der Waals surface area (Å²) in [6, 6.07) is 1.68. The Kier molecular flexibility index (Phi) is 4.51. The molecule has 0 aromatic carbocycles. The molecular formula is C8H14N4O2S2. The van der Waals surface area contributed by atoms with Crippen LogP contribution in [0.15, 0.2) is 11.1 Å². The summed E-state index contributed by atoms with van der Waals surface area (Å²) >= 11 is 1.37. The van der Waals surface area contributed by atoms with Crippen molar-refractivity contribution in [2.45, 2.75) is 11.9 Å². The van der Waals surface area contributed by atoms with Gasteiger partial charge in [0.2, 0.25) is 0 Å². The maximum atomic E-state index is 10.9. The Balaban J connectivity index is 2.63. The molecule has 0 unspecified atom stereocenters. The van der Waals surface area contributed by atoms with E-state index in [0.29, 0.717) is 22.4 Å². The van der Waals surface area contributed by atoms with Gasteiger partial charge in [0.05, 0.1) is 5.75 Å². The average Bonchev–Trinajstić information content (AvgIpc) is 2.14. The molecule has 1 aromatic rings. The topological polar surface area (TPSA) is 98.0 Å². The predicted octanol–water partition coefficient (Wildman–Crippen LogP) is 0.207. The second kappa shape index (κ2) is 5.46. The molecule has 0 atom stereocenters. The number of nitrogen functional groups attached to an aromatic ring is 1. The van der Waals surface area contributed by atoms with Crippen molar-refractivity contribution >= 4 is 27.4 Å². The maximum Gasteiger partial charge on any atom is 0.148 e. The van der Waals surface area contributed by atoms with Gasteiger partial charge in [-0.15, -0.1) is 11.8 Å². The normalized spacial score (nSPS) is 11.4. The van der Waals surface area contributed by atoms with Gasteiger partial charge >= 0.3 is 0 Å². The Bertz CT molecular complexity index is 461. The van der Waals surface area contributed by atoms with Crippen LogP contribution >= 0.6 is 11.8 Å². The number of nitrogens with zero attached hydrogens (tertiary/aromatic N) is 2. The van der Waals surface area contributed by atoms with E-state index in [1.54, 1.807) is 13.0 Å². The highest BCUT2D eigenvalue weighted by Crippen LogP contribution is 2.18. The Labute approximate surface area is 98.9 Å². The highest BCUT2D eigenvalue weighted by atomic mass is 32.2. The molecule has 1 aromatic heterocycles. The Morgan fingerprint density at radius 2 is 2.19 bits per heavy atom. The summed E-state index contributed by atoms with van der Waals surface area (Å²) < 4.78 is 21.9. The molecule has 0 spiro atoms. The van der Waals surface area contributed by atoms with Crippen molar-refractivity contribution in [3.8, 4) is 0 Å². The number of hydrogen-bond acceptors (Lipinski definition) is 7. The molecule has 0 amide bonds. The van der Waals surface area contributed by atoms with Crippen molar-refractivity contribution in [2.24, 2.45) is 5.84 Å². The molecule has 1 heterocycles. The third-order valence-electron chi connectivity index (χ3n) is 1.67. The Hall–Kier alpha value is -0.860. The third kappa shape index (κ3) is 4.77. The highest BCUT2D eigenvalue weighted by molar-refractivity contribution is 8.00. The smallest absolute Gasteiger partial charge is 0.148 e. The van der Waals surface area contributed by atoms with Gasteiger partial charge in [-0.25, -0.2) is 24.2 Å². The zero-order valence-corrected chi connectivity index (χ0v) is 10.7. The SMILES string of the molecule is Cc1nc(NN)cc(SCCS(C)(=O)=O)n1. The van der Waals surface area contributed by atoms with E-state index in [1.165, 1.54) is 18.0 Å². The number of thioether (sulfide) groups is 1. The molecule has 0 bridgehead atoms. The summed E-state index contributed by atoms with van der Waals surface area (Å²) in [5, 5.41) is 0.712. The first-order chi connectivity index (χ1) is 7.40. The van der Waals surface area contributed by atoms with E-state index in [2.05, 4.69) is 15.4 Å². The van der Waals surface area contributed by atoms with Crippen LogP contribution in [0.4, 0.5) is 5.82 Å². The molecule has 0 aliphatic rings. The molecule has 0 fully saturated rings. The summed E-state index contributed by atoms with van der Waals surface area (Å²) in [6.07, 6.45) is 1.21. The largest absolute Gasteiger partial charge is 0.308 e. The number of nitrogens with one attached hydrogen (secondary N) is 1. The van der Waals surface area contributed by atoms with E-state index < -0.39 is 9.84 Å². The molecule has 6 nitrogen and oxygen atoms in total. The van der Waals surface area contributed by atoms with Gasteiger partial charge in [0, 0.05) is 18.1 Å². The van der Waals surface area contributed by atoms with Crippen molar-refractivity contribution in [3.63, 3.8) is 0 Å². The summed E-state index contributed by atoms with van der Waals surface area (Å²) in [5.41, 5.74) is 2.43. The van der Waals surface area contributed by atoms with Gasteiger partial charge in [0.25, 0.3) is 0 Å². The van der Waals surface area contributed by atoms with Gasteiger partial charge in [-0.2, -0.15) is 0 Å². The van der Waals surface area contributed by atoms with E-state index >= 15 is 0 Å². The van der Waals surface area contributed by atoms with Crippen LogP contribution < -0.4 is 11.3 Å². The molecule has 0 radical (unpaired) electrons. The van der Waals surface area contributed by atoms with E-state index in [0.717, 1.165) is 0 Å². The average molecular weight is 262 g/mol. The fraction of sp³-hybridized carbons (Fsp3) is 0.500. The fourth-order valence-corrected chi connectivity index (χ4v) is 3.13. The lowest BCUT2D eigenvalue weighted by Gasteiger charge is -2.04. The second-order valence-electron chi connectivity index (χ2n) is 3.26. The molecule has 1 rings (SSSR count). The zero-order chi connectivity index (χ0) is 12.2. The minimum atomic E-state index is -2.92. The molecule has 0 aliphatic heterocycles. The first-order valence-corrected chi connectivity index (χ1v) is 7.58. The molecule has 0 saturated heterocycles. The third-order valence-corrected chi connectivity index (χ3v) is 3.78. The first-order valence-electron chi connectivity index (χ1n) is 4.53. The summed E-state index contributed by atoms with van der Waals surface area (Å²) in [4.78, 5) is 8.19. The number of sulfone groups is 1. The number of rotatable bonds is 5. The molecule has 0 aliphatic carbocycles. The number of anilines is 1. The Morgan fingerprint density at radius 3 is 2.75 bits per heavy atom. The number of aromatic nitrogens is 2. The van der Waals surface area contributed by atoms with Crippen molar-refractivity contribution < 1.29 is 8.42 Å². The molecular weight excluding hydrogens is 248 g/mol. The molecule has 8 heteroatoms. The zero-order valence-electron chi connectivity index (χ0n) is 9.10. The van der Waals surface area contributed by atoms with E-state index in [-0.39, 0.29) is 5.75 Å². The van der Waals surface area contributed by atoms with Gasteiger partial charge in [-0.3, -0.25) is 0 Å². The highest BCUT2D eigenvalue weighted by Gasteiger charge is 2.05. The quantitative estimate of drug-likeness (QED) is 0.339. The van der Waals surface area contributed by atoms with Crippen molar-refractivity contribution in [1.29, 1.82) is 0 Å². The molecule has 90 valence electrons.